The highest BCUT2D eigenvalue weighted by Gasteiger charge is 2.19. The number of hydrogen-bond donors (Lipinski definition) is 0. The summed E-state index contributed by atoms with van der Waals surface area (Å²) in [6, 6.07) is 21.2. The van der Waals surface area contributed by atoms with Gasteiger partial charge in [-0.2, -0.15) is 0 Å². The summed E-state index contributed by atoms with van der Waals surface area (Å²) in [5, 5.41) is 0. The molecule has 24 heavy (non-hydrogen) atoms. The van der Waals surface area contributed by atoms with Gasteiger partial charge in [-0.15, -0.1) is 0 Å². The van der Waals surface area contributed by atoms with E-state index < -0.39 is 0 Å². The summed E-state index contributed by atoms with van der Waals surface area (Å²) in [7, 11) is 0. The van der Waals surface area contributed by atoms with E-state index in [1.165, 1.54) is 11.1 Å². The molecule has 0 saturated carbocycles. The second-order valence-electron chi connectivity index (χ2n) is 6.52. The highest BCUT2D eigenvalue weighted by molar-refractivity contribution is 5.77. The van der Waals surface area contributed by atoms with Gasteiger partial charge in [-0.3, -0.25) is 9.69 Å². The number of carbonyl (C=O) groups excluding carboxylic acids is 1. The molecule has 0 aromatic heterocycles. The molecule has 1 aliphatic rings. The molecular formula is C21H26N2O. The van der Waals surface area contributed by atoms with Crippen LogP contribution in [-0.2, 0) is 17.9 Å². The Labute approximate surface area is 144 Å². The van der Waals surface area contributed by atoms with Crippen LogP contribution >= 0.6 is 0 Å². The Morgan fingerprint density at radius 3 is 1.96 bits per heavy atom. The zero-order valence-corrected chi connectivity index (χ0v) is 14.2. The number of benzene rings is 2. The number of nitrogens with zero attached hydrogens (tertiary/aromatic N) is 2. The summed E-state index contributed by atoms with van der Waals surface area (Å²) < 4.78 is 0. The van der Waals surface area contributed by atoms with Crippen molar-refractivity contribution in [2.45, 2.75) is 32.4 Å². The lowest BCUT2D eigenvalue weighted by Crippen LogP contribution is -2.30. The van der Waals surface area contributed by atoms with Gasteiger partial charge in [0, 0.05) is 39.1 Å². The van der Waals surface area contributed by atoms with Gasteiger partial charge < -0.3 is 4.90 Å². The molecular weight excluding hydrogens is 296 g/mol. The van der Waals surface area contributed by atoms with E-state index in [9.17, 15) is 4.79 Å². The second-order valence-corrected chi connectivity index (χ2v) is 6.52. The molecule has 3 heteroatoms. The van der Waals surface area contributed by atoms with Crippen LogP contribution in [0.2, 0.25) is 0 Å². The lowest BCUT2D eigenvalue weighted by molar-refractivity contribution is -0.127. The molecule has 2 aromatic rings. The summed E-state index contributed by atoms with van der Waals surface area (Å²) >= 11 is 0. The first-order valence-electron chi connectivity index (χ1n) is 8.89. The van der Waals surface area contributed by atoms with Crippen molar-refractivity contribution in [1.82, 2.24) is 9.80 Å². The van der Waals surface area contributed by atoms with Crippen molar-refractivity contribution in [3.8, 4) is 0 Å². The molecule has 1 aliphatic heterocycles. The molecule has 3 rings (SSSR count). The highest BCUT2D eigenvalue weighted by atomic mass is 16.2. The van der Waals surface area contributed by atoms with Gasteiger partial charge >= 0.3 is 0 Å². The molecule has 1 amide bonds. The van der Waals surface area contributed by atoms with Gasteiger partial charge in [0.05, 0.1) is 0 Å². The van der Waals surface area contributed by atoms with Crippen molar-refractivity contribution in [3.05, 3.63) is 71.8 Å². The molecule has 126 valence electrons. The van der Waals surface area contributed by atoms with E-state index in [0.29, 0.717) is 5.91 Å². The SMILES string of the molecule is O=C1CCCN1CCCN(Cc1ccccc1)Cc1ccccc1. The van der Waals surface area contributed by atoms with Gasteiger partial charge in [-0.1, -0.05) is 60.7 Å². The van der Waals surface area contributed by atoms with Gasteiger partial charge in [-0.25, -0.2) is 0 Å². The van der Waals surface area contributed by atoms with Crippen LogP contribution in [0.15, 0.2) is 60.7 Å². The molecule has 1 heterocycles. The van der Waals surface area contributed by atoms with Crippen LogP contribution in [0.3, 0.4) is 0 Å². The fraction of sp³-hybridized carbons (Fsp3) is 0.381. The maximum Gasteiger partial charge on any atom is 0.222 e. The maximum atomic E-state index is 11.7. The lowest BCUT2D eigenvalue weighted by atomic mass is 10.1. The Morgan fingerprint density at radius 2 is 1.46 bits per heavy atom. The maximum absolute atomic E-state index is 11.7. The zero-order valence-electron chi connectivity index (χ0n) is 14.2. The van der Waals surface area contributed by atoms with Crippen molar-refractivity contribution in [2.24, 2.45) is 0 Å². The molecule has 1 saturated heterocycles. The van der Waals surface area contributed by atoms with E-state index in [-0.39, 0.29) is 0 Å². The molecule has 0 atom stereocenters. The number of likely N-dealkylation sites (tertiary alicyclic amines) is 1. The van der Waals surface area contributed by atoms with Crippen molar-refractivity contribution in [3.63, 3.8) is 0 Å². The number of rotatable bonds is 8. The summed E-state index contributed by atoms with van der Waals surface area (Å²) in [5.74, 6) is 0.327. The minimum absolute atomic E-state index is 0.327. The predicted octanol–water partition coefficient (Wildman–Crippen LogP) is 3.70. The van der Waals surface area contributed by atoms with E-state index in [2.05, 4.69) is 65.6 Å². The van der Waals surface area contributed by atoms with Crippen LogP contribution in [-0.4, -0.2) is 35.3 Å². The van der Waals surface area contributed by atoms with Gasteiger partial charge in [-0.05, 0) is 24.0 Å². The van der Waals surface area contributed by atoms with E-state index in [1.54, 1.807) is 0 Å². The minimum atomic E-state index is 0.327. The Hall–Kier alpha value is -2.13. The molecule has 0 radical (unpaired) electrons. The van der Waals surface area contributed by atoms with Crippen LogP contribution in [0, 0.1) is 0 Å². The molecule has 0 aliphatic carbocycles. The van der Waals surface area contributed by atoms with Crippen molar-refractivity contribution in [2.75, 3.05) is 19.6 Å². The Balaban J connectivity index is 1.57. The van der Waals surface area contributed by atoms with Crippen molar-refractivity contribution < 1.29 is 4.79 Å². The van der Waals surface area contributed by atoms with Gasteiger partial charge in [0.25, 0.3) is 0 Å². The van der Waals surface area contributed by atoms with Crippen LogP contribution in [0.5, 0.6) is 0 Å². The molecule has 0 unspecified atom stereocenters. The number of carbonyl (C=O) groups is 1. The van der Waals surface area contributed by atoms with E-state index >= 15 is 0 Å². The largest absolute Gasteiger partial charge is 0.343 e. The fourth-order valence-electron chi connectivity index (χ4n) is 3.32. The standard InChI is InChI=1S/C21H26N2O/c24-21-13-7-15-23(21)16-8-14-22(17-19-9-3-1-4-10-19)18-20-11-5-2-6-12-20/h1-6,9-12H,7-8,13-18H2. The van der Waals surface area contributed by atoms with Gasteiger partial charge in [0.2, 0.25) is 5.91 Å². The van der Waals surface area contributed by atoms with Crippen LogP contribution in [0.25, 0.3) is 0 Å². The quantitative estimate of drug-likeness (QED) is 0.740. The summed E-state index contributed by atoms with van der Waals surface area (Å²) in [5.41, 5.74) is 2.68. The average Bonchev–Trinajstić information content (AvgIpc) is 3.02. The van der Waals surface area contributed by atoms with Crippen LogP contribution in [0.1, 0.15) is 30.4 Å². The molecule has 0 N–H and O–H groups in total. The first kappa shape index (κ1) is 16.7. The van der Waals surface area contributed by atoms with E-state index in [4.69, 9.17) is 0 Å². The third-order valence-electron chi connectivity index (χ3n) is 4.57. The topological polar surface area (TPSA) is 23.6 Å². The number of amides is 1. The zero-order chi connectivity index (χ0) is 16.6. The van der Waals surface area contributed by atoms with Crippen molar-refractivity contribution in [1.29, 1.82) is 0 Å². The van der Waals surface area contributed by atoms with Gasteiger partial charge in [0.15, 0.2) is 0 Å². The Morgan fingerprint density at radius 1 is 0.875 bits per heavy atom. The minimum Gasteiger partial charge on any atom is -0.343 e. The molecule has 1 fully saturated rings. The van der Waals surface area contributed by atoms with Crippen LogP contribution in [0.4, 0.5) is 0 Å². The summed E-state index contributed by atoms with van der Waals surface area (Å²) in [4.78, 5) is 16.2. The normalized spacial score (nSPS) is 14.5. The monoisotopic (exact) mass is 322 g/mol. The molecule has 2 aromatic carbocycles. The Kier molecular flexibility index (Phi) is 6.02. The first-order valence-corrected chi connectivity index (χ1v) is 8.89. The second kappa shape index (κ2) is 8.65. The summed E-state index contributed by atoms with van der Waals surface area (Å²) in [6.45, 7) is 4.73. The predicted molar refractivity (Wildman–Crippen MR) is 97.4 cm³/mol. The number of hydrogen-bond acceptors (Lipinski definition) is 2. The highest BCUT2D eigenvalue weighted by Crippen LogP contribution is 2.13. The molecule has 0 spiro atoms. The third kappa shape index (κ3) is 4.93. The fourth-order valence-corrected chi connectivity index (χ4v) is 3.32. The van der Waals surface area contributed by atoms with E-state index in [1.807, 2.05) is 4.90 Å². The Bertz CT molecular complexity index is 585. The smallest absolute Gasteiger partial charge is 0.222 e. The molecule has 3 nitrogen and oxygen atoms in total. The summed E-state index contributed by atoms with van der Waals surface area (Å²) in [6.07, 6.45) is 2.79. The van der Waals surface area contributed by atoms with Crippen molar-refractivity contribution >= 4 is 5.91 Å². The van der Waals surface area contributed by atoms with Crippen LogP contribution < -0.4 is 0 Å². The first-order chi connectivity index (χ1) is 11.8. The van der Waals surface area contributed by atoms with Gasteiger partial charge in [0.1, 0.15) is 0 Å². The third-order valence-corrected chi connectivity index (χ3v) is 4.57. The van der Waals surface area contributed by atoms with E-state index in [0.717, 1.165) is 52.0 Å². The lowest BCUT2D eigenvalue weighted by Gasteiger charge is -2.24. The average molecular weight is 322 g/mol. The molecule has 0 bridgehead atoms.